The van der Waals surface area contributed by atoms with Crippen LogP contribution in [0.1, 0.15) is 0 Å². The van der Waals surface area contributed by atoms with Gasteiger partial charge in [-0.05, 0) is 0 Å². The summed E-state index contributed by atoms with van der Waals surface area (Å²) in [6.07, 6.45) is 0. The Morgan fingerprint density at radius 3 is 1.58 bits per heavy atom. The third kappa shape index (κ3) is 3.00. The molecule has 2 aromatic rings. The third-order valence-corrected chi connectivity index (χ3v) is 1.53. The van der Waals surface area contributed by atoms with Crippen molar-refractivity contribution in [1.29, 1.82) is 0 Å². The van der Waals surface area contributed by atoms with Crippen molar-refractivity contribution in [3.63, 3.8) is 0 Å². The van der Waals surface area contributed by atoms with Crippen LogP contribution in [0.5, 0.6) is 0 Å². The monoisotopic (exact) mass is 304 g/mol. The molecule has 0 aliphatic heterocycles. The minimum absolute atomic E-state index is 0. The fourth-order valence-electron chi connectivity index (χ4n) is 1.01. The van der Waals surface area contributed by atoms with Gasteiger partial charge in [0.25, 0.3) is 0 Å². The van der Waals surface area contributed by atoms with E-state index in [4.69, 9.17) is 0 Å². The molecule has 2 heteroatoms. The molecule has 12 heavy (non-hydrogen) atoms. The number of hydrogen-bond acceptors (Lipinski definition) is 0. The molecular formula is C10H6Y2-2. The van der Waals surface area contributed by atoms with Crippen molar-refractivity contribution in [3.8, 4) is 0 Å². The maximum absolute atomic E-state index is 3.02. The van der Waals surface area contributed by atoms with Gasteiger partial charge in [-0.2, -0.15) is 36.4 Å². The number of benzene rings is 2. The zero-order chi connectivity index (χ0) is 6.81. The maximum Gasteiger partial charge on any atom is 0 e. The first-order valence-corrected chi connectivity index (χ1v) is 3.23. The summed E-state index contributed by atoms with van der Waals surface area (Å²) in [5.41, 5.74) is 0. The van der Waals surface area contributed by atoms with E-state index in [0.717, 1.165) is 0 Å². The average Bonchev–Trinajstić information content (AvgIpc) is 2.05. The van der Waals surface area contributed by atoms with Gasteiger partial charge in [-0.1, -0.05) is 0 Å². The van der Waals surface area contributed by atoms with Crippen molar-refractivity contribution in [2.24, 2.45) is 0 Å². The van der Waals surface area contributed by atoms with Crippen LogP contribution >= 0.6 is 0 Å². The minimum Gasteiger partial charge on any atom is -0.239 e. The second-order valence-corrected chi connectivity index (χ2v) is 2.20. The van der Waals surface area contributed by atoms with E-state index in [2.05, 4.69) is 12.1 Å². The molecule has 2 aromatic carbocycles. The van der Waals surface area contributed by atoms with Gasteiger partial charge in [0.15, 0.2) is 0 Å². The molecule has 2 rings (SSSR count). The molecule has 0 spiro atoms. The summed E-state index contributed by atoms with van der Waals surface area (Å²) < 4.78 is 0. The molecule has 0 atom stereocenters. The first-order valence-electron chi connectivity index (χ1n) is 3.23. The summed E-state index contributed by atoms with van der Waals surface area (Å²) in [4.78, 5) is 0. The van der Waals surface area contributed by atoms with E-state index in [-0.39, 0.29) is 65.4 Å². The fourth-order valence-corrected chi connectivity index (χ4v) is 1.01. The van der Waals surface area contributed by atoms with Crippen molar-refractivity contribution in [2.75, 3.05) is 0 Å². The molecule has 0 saturated carbocycles. The summed E-state index contributed by atoms with van der Waals surface area (Å²) in [6, 6.07) is 17.9. The summed E-state index contributed by atoms with van der Waals surface area (Å²) in [7, 11) is 0. The average molecular weight is 304 g/mol. The van der Waals surface area contributed by atoms with Crippen molar-refractivity contribution < 1.29 is 65.4 Å². The molecule has 0 saturated heterocycles. The summed E-state index contributed by atoms with van der Waals surface area (Å²) in [6.45, 7) is 0. The van der Waals surface area contributed by atoms with Gasteiger partial charge in [0, 0.05) is 65.4 Å². The van der Waals surface area contributed by atoms with E-state index in [1.165, 1.54) is 10.8 Å². The van der Waals surface area contributed by atoms with E-state index < -0.39 is 0 Å². The Bertz CT molecular complexity index is 279. The predicted octanol–water partition coefficient (Wildman–Crippen LogP) is 2.44. The Hall–Kier alpha value is 0.908. The molecule has 0 fully saturated rings. The van der Waals surface area contributed by atoms with Crippen molar-refractivity contribution >= 4 is 10.8 Å². The van der Waals surface area contributed by atoms with Gasteiger partial charge in [-0.3, -0.25) is 0 Å². The first-order chi connectivity index (χ1) is 4.97. The molecular weight excluding hydrogens is 298 g/mol. The Morgan fingerprint density at radius 2 is 1.17 bits per heavy atom. The van der Waals surface area contributed by atoms with E-state index in [1.54, 1.807) is 0 Å². The molecule has 0 nitrogen and oxygen atoms in total. The Balaban J connectivity index is 0.000000605. The standard InChI is InChI=1S/C10H6.2Y/c1-2-6-10-8-4-3-7-9(10)5-1;;/h1,4-8H;;/q-2;;. The van der Waals surface area contributed by atoms with Gasteiger partial charge >= 0.3 is 0 Å². The molecule has 0 aromatic heterocycles. The van der Waals surface area contributed by atoms with Gasteiger partial charge in [0.1, 0.15) is 0 Å². The number of hydrogen-bond donors (Lipinski definition) is 0. The van der Waals surface area contributed by atoms with Crippen LogP contribution in [-0.2, 0) is 65.4 Å². The van der Waals surface area contributed by atoms with Crippen molar-refractivity contribution in [1.82, 2.24) is 0 Å². The van der Waals surface area contributed by atoms with Gasteiger partial charge in [-0.25, -0.2) is 22.9 Å². The molecule has 0 bridgehead atoms. The van der Waals surface area contributed by atoms with Gasteiger partial charge in [0.2, 0.25) is 0 Å². The quantitative estimate of drug-likeness (QED) is 0.656. The summed E-state index contributed by atoms with van der Waals surface area (Å²) in [5.74, 6) is 0. The van der Waals surface area contributed by atoms with Crippen LogP contribution in [0, 0.1) is 12.1 Å². The second kappa shape index (κ2) is 6.37. The molecule has 0 aliphatic carbocycles. The molecule has 0 N–H and O–H groups in total. The molecule has 2 radical (unpaired) electrons. The van der Waals surface area contributed by atoms with Crippen LogP contribution in [0.25, 0.3) is 10.8 Å². The van der Waals surface area contributed by atoms with Crippen LogP contribution < -0.4 is 0 Å². The van der Waals surface area contributed by atoms with Crippen LogP contribution in [0.3, 0.4) is 0 Å². The van der Waals surface area contributed by atoms with E-state index in [9.17, 15) is 0 Å². The van der Waals surface area contributed by atoms with Gasteiger partial charge in [-0.15, -0.1) is 0 Å². The molecule has 0 unspecified atom stereocenters. The number of rotatable bonds is 0. The van der Waals surface area contributed by atoms with Gasteiger partial charge in [0.05, 0.1) is 0 Å². The first kappa shape index (κ1) is 12.9. The third-order valence-electron chi connectivity index (χ3n) is 1.53. The van der Waals surface area contributed by atoms with E-state index >= 15 is 0 Å². The second-order valence-electron chi connectivity index (χ2n) is 2.20. The fraction of sp³-hybridized carbons (Fsp3) is 0. The molecule has 0 heterocycles. The number of fused-ring (bicyclic) bond motifs is 1. The Labute approximate surface area is 123 Å². The predicted molar refractivity (Wildman–Crippen MR) is 41.6 cm³/mol. The minimum atomic E-state index is 0. The Kier molecular flexibility index (Phi) is 6.86. The van der Waals surface area contributed by atoms with Crippen LogP contribution in [0.15, 0.2) is 36.4 Å². The van der Waals surface area contributed by atoms with Crippen LogP contribution in [-0.4, -0.2) is 0 Å². The van der Waals surface area contributed by atoms with E-state index in [0.29, 0.717) is 0 Å². The van der Waals surface area contributed by atoms with Crippen LogP contribution in [0.2, 0.25) is 0 Å². The molecule has 0 amide bonds. The van der Waals surface area contributed by atoms with E-state index in [1.807, 2.05) is 36.4 Å². The molecule has 54 valence electrons. The summed E-state index contributed by atoms with van der Waals surface area (Å²) >= 11 is 0. The SMILES string of the molecule is [Y].[Y].[c-]1ccc2c[c-]ccc2c1. The summed E-state index contributed by atoms with van der Waals surface area (Å²) in [5, 5.41) is 2.45. The van der Waals surface area contributed by atoms with Crippen molar-refractivity contribution in [3.05, 3.63) is 48.5 Å². The maximum atomic E-state index is 3.02. The van der Waals surface area contributed by atoms with Gasteiger partial charge < -0.3 is 0 Å². The normalized spacial score (nSPS) is 8.33. The van der Waals surface area contributed by atoms with Crippen LogP contribution in [0.4, 0.5) is 0 Å². The largest absolute Gasteiger partial charge is 0.239 e. The Morgan fingerprint density at radius 1 is 0.750 bits per heavy atom. The topological polar surface area (TPSA) is 0 Å². The molecule has 0 aliphatic rings. The van der Waals surface area contributed by atoms with Crippen molar-refractivity contribution in [2.45, 2.75) is 0 Å². The zero-order valence-corrected chi connectivity index (χ0v) is 12.3. The zero-order valence-electron chi connectivity index (χ0n) is 6.62. The smallest absolute Gasteiger partial charge is 0 e.